The van der Waals surface area contributed by atoms with Crippen molar-refractivity contribution in [1.82, 2.24) is 0 Å². The van der Waals surface area contributed by atoms with Crippen molar-refractivity contribution in [2.75, 3.05) is 19.8 Å². The SMILES string of the molecule is CCOC(=O)[C@H]1CCOC1. The normalized spacial score (nSPS) is 24.7. The molecule has 0 saturated carbocycles. The van der Waals surface area contributed by atoms with Gasteiger partial charge in [0.05, 0.1) is 19.1 Å². The Labute approximate surface area is 60.3 Å². The molecule has 3 nitrogen and oxygen atoms in total. The van der Waals surface area contributed by atoms with Gasteiger partial charge < -0.3 is 9.47 Å². The van der Waals surface area contributed by atoms with Crippen molar-refractivity contribution in [3.05, 3.63) is 0 Å². The van der Waals surface area contributed by atoms with E-state index in [0.29, 0.717) is 19.8 Å². The minimum Gasteiger partial charge on any atom is -0.466 e. The summed E-state index contributed by atoms with van der Waals surface area (Å²) >= 11 is 0. The fourth-order valence-corrected chi connectivity index (χ4v) is 0.981. The Kier molecular flexibility index (Phi) is 2.68. The highest BCUT2D eigenvalue weighted by Gasteiger charge is 2.24. The number of rotatable bonds is 2. The molecule has 0 aliphatic carbocycles. The maximum absolute atomic E-state index is 10.9. The van der Waals surface area contributed by atoms with Gasteiger partial charge in [-0.2, -0.15) is 0 Å². The highest BCUT2D eigenvalue weighted by Crippen LogP contribution is 2.13. The molecule has 0 radical (unpaired) electrons. The third kappa shape index (κ3) is 1.70. The second-order valence-electron chi connectivity index (χ2n) is 2.31. The molecule has 1 atom stereocenters. The number of carbonyl (C=O) groups excluding carboxylic acids is 1. The maximum atomic E-state index is 10.9. The summed E-state index contributed by atoms with van der Waals surface area (Å²) in [5.74, 6) is -0.111. The second-order valence-corrected chi connectivity index (χ2v) is 2.31. The third-order valence-electron chi connectivity index (χ3n) is 1.55. The van der Waals surface area contributed by atoms with Crippen LogP contribution in [0.2, 0.25) is 0 Å². The monoisotopic (exact) mass is 144 g/mol. The summed E-state index contributed by atoms with van der Waals surface area (Å²) in [6.07, 6.45) is 0.818. The van der Waals surface area contributed by atoms with Crippen LogP contribution < -0.4 is 0 Å². The lowest BCUT2D eigenvalue weighted by atomic mass is 10.1. The third-order valence-corrected chi connectivity index (χ3v) is 1.55. The van der Waals surface area contributed by atoms with Crippen molar-refractivity contribution in [2.24, 2.45) is 5.92 Å². The van der Waals surface area contributed by atoms with Crippen molar-refractivity contribution >= 4 is 5.97 Å². The summed E-state index contributed by atoms with van der Waals surface area (Å²) < 4.78 is 9.83. The summed E-state index contributed by atoms with van der Waals surface area (Å²) in [5, 5.41) is 0. The molecule has 0 aromatic heterocycles. The molecule has 1 aliphatic rings. The van der Waals surface area contributed by atoms with Crippen LogP contribution >= 0.6 is 0 Å². The van der Waals surface area contributed by atoms with Crippen LogP contribution in [0.15, 0.2) is 0 Å². The molecule has 1 fully saturated rings. The van der Waals surface area contributed by atoms with Crippen LogP contribution in [0, 0.1) is 5.92 Å². The Hall–Kier alpha value is -0.570. The largest absolute Gasteiger partial charge is 0.466 e. The molecule has 0 N–H and O–H groups in total. The standard InChI is InChI=1S/C7H12O3/c1-2-10-7(8)6-3-4-9-5-6/h6H,2-5H2,1H3/t6-/m0/s1. The predicted octanol–water partition coefficient (Wildman–Crippen LogP) is 0.586. The van der Waals surface area contributed by atoms with Gasteiger partial charge in [-0.3, -0.25) is 4.79 Å². The maximum Gasteiger partial charge on any atom is 0.311 e. The smallest absolute Gasteiger partial charge is 0.311 e. The molecule has 1 rings (SSSR count). The van der Waals surface area contributed by atoms with Crippen molar-refractivity contribution in [3.8, 4) is 0 Å². The van der Waals surface area contributed by atoms with E-state index in [1.54, 1.807) is 0 Å². The van der Waals surface area contributed by atoms with Gasteiger partial charge in [-0.25, -0.2) is 0 Å². The molecule has 1 saturated heterocycles. The van der Waals surface area contributed by atoms with Crippen molar-refractivity contribution in [2.45, 2.75) is 13.3 Å². The Morgan fingerprint density at radius 3 is 3.10 bits per heavy atom. The van der Waals surface area contributed by atoms with Gasteiger partial charge in [-0.15, -0.1) is 0 Å². The Morgan fingerprint density at radius 1 is 1.80 bits per heavy atom. The van der Waals surface area contributed by atoms with Crippen LogP contribution in [0.5, 0.6) is 0 Å². The molecule has 3 heteroatoms. The molecule has 58 valence electrons. The average molecular weight is 144 g/mol. The summed E-state index contributed by atoms with van der Waals surface area (Å²) in [6.45, 7) is 3.52. The topological polar surface area (TPSA) is 35.5 Å². The summed E-state index contributed by atoms with van der Waals surface area (Å²) in [6, 6.07) is 0. The molecule has 0 amide bonds. The van der Waals surface area contributed by atoms with Crippen LogP contribution in [0.3, 0.4) is 0 Å². The summed E-state index contributed by atoms with van der Waals surface area (Å²) in [4.78, 5) is 10.9. The molecule has 0 unspecified atom stereocenters. The van der Waals surface area contributed by atoms with E-state index in [-0.39, 0.29) is 11.9 Å². The quantitative estimate of drug-likeness (QED) is 0.532. The molecule has 0 spiro atoms. The fraction of sp³-hybridized carbons (Fsp3) is 0.857. The number of esters is 1. The number of ether oxygens (including phenoxy) is 2. The Balaban J connectivity index is 2.25. The number of carbonyl (C=O) groups is 1. The van der Waals surface area contributed by atoms with Crippen LogP contribution in [-0.2, 0) is 14.3 Å². The van der Waals surface area contributed by atoms with E-state index in [9.17, 15) is 4.79 Å². The van der Waals surface area contributed by atoms with Gasteiger partial charge in [0.15, 0.2) is 0 Å². The van der Waals surface area contributed by atoms with E-state index >= 15 is 0 Å². The van der Waals surface area contributed by atoms with Gasteiger partial charge in [0, 0.05) is 6.61 Å². The number of hydrogen-bond donors (Lipinski definition) is 0. The zero-order valence-electron chi connectivity index (χ0n) is 6.13. The highest BCUT2D eigenvalue weighted by atomic mass is 16.5. The van der Waals surface area contributed by atoms with E-state index in [4.69, 9.17) is 9.47 Å². The molecule has 0 bridgehead atoms. The van der Waals surface area contributed by atoms with Crippen molar-refractivity contribution < 1.29 is 14.3 Å². The first-order valence-corrected chi connectivity index (χ1v) is 3.59. The Morgan fingerprint density at radius 2 is 2.60 bits per heavy atom. The van der Waals surface area contributed by atoms with Gasteiger partial charge >= 0.3 is 5.97 Å². The lowest BCUT2D eigenvalue weighted by Gasteiger charge is -2.04. The van der Waals surface area contributed by atoms with E-state index in [1.807, 2.05) is 6.92 Å². The fourth-order valence-electron chi connectivity index (χ4n) is 0.981. The molecule has 10 heavy (non-hydrogen) atoms. The van der Waals surface area contributed by atoms with Gasteiger partial charge in [-0.05, 0) is 13.3 Å². The molecule has 1 aliphatic heterocycles. The molecule has 1 heterocycles. The van der Waals surface area contributed by atoms with Crippen molar-refractivity contribution in [3.63, 3.8) is 0 Å². The average Bonchev–Trinajstić information content (AvgIpc) is 2.38. The van der Waals surface area contributed by atoms with Crippen LogP contribution in [0.1, 0.15) is 13.3 Å². The zero-order chi connectivity index (χ0) is 7.40. The van der Waals surface area contributed by atoms with Crippen LogP contribution in [-0.4, -0.2) is 25.8 Å². The second kappa shape index (κ2) is 3.56. The first kappa shape index (κ1) is 7.54. The van der Waals surface area contributed by atoms with E-state index in [1.165, 1.54) is 0 Å². The van der Waals surface area contributed by atoms with Crippen LogP contribution in [0.4, 0.5) is 0 Å². The van der Waals surface area contributed by atoms with Gasteiger partial charge in [0.2, 0.25) is 0 Å². The van der Waals surface area contributed by atoms with Crippen molar-refractivity contribution in [1.29, 1.82) is 0 Å². The Bertz CT molecular complexity index is 116. The van der Waals surface area contributed by atoms with Crippen LogP contribution in [0.25, 0.3) is 0 Å². The first-order chi connectivity index (χ1) is 4.84. The summed E-state index contributed by atoms with van der Waals surface area (Å²) in [7, 11) is 0. The highest BCUT2D eigenvalue weighted by molar-refractivity contribution is 5.72. The lowest BCUT2D eigenvalue weighted by molar-refractivity contribution is -0.147. The zero-order valence-corrected chi connectivity index (χ0v) is 6.13. The molecular weight excluding hydrogens is 132 g/mol. The minimum atomic E-state index is -0.111. The predicted molar refractivity (Wildman–Crippen MR) is 35.6 cm³/mol. The van der Waals surface area contributed by atoms with E-state index in [0.717, 1.165) is 6.42 Å². The molecular formula is C7H12O3. The van der Waals surface area contributed by atoms with Gasteiger partial charge in [0.25, 0.3) is 0 Å². The lowest BCUT2D eigenvalue weighted by Crippen LogP contribution is -2.17. The van der Waals surface area contributed by atoms with Gasteiger partial charge in [-0.1, -0.05) is 0 Å². The van der Waals surface area contributed by atoms with Gasteiger partial charge in [0.1, 0.15) is 0 Å². The molecule has 0 aromatic rings. The first-order valence-electron chi connectivity index (χ1n) is 3.59. The molecule has 0 aromatic carbocycles. The number of hydrogen-bond acceptors (Lipinski definition) is 3. The summed E-state index contributed by atoms with van der Waals surface area (Å²) in [5.41, 5.74) is 0. The van der Waals surface area contributed by atoms with E-state index in [2.05, 4.69) is 0 Å². The van der Waals surface area contributed by atoms with E-state index < -0.39 is 0 Å². The minimum absolute atomic E-state index is 0.0000463.